The Morgan fingerprint density at radius 2 is 2.04 bits per heavy atom. The van der Waals surface area contributed by atoms with Crippen molar-refractivity contribution in [2.75, 3.05) is 20.6 Å². The Bertz CT molecular complexity index is 673. The topological polar surface area (TPSA) is 119 Å². The number of aliphatic carboxylic acids is 1. The van der Waals surface area contributed by atoms with Gasteiger partial charge >= 0.3 is 5.97 Å². The first-order valence-corrected chi connectivity index (χ1v) is 8.75. The minimum atomic E-state index is -1.22. The lowest BCUT2D eigenvalue weighted by atomic mass is 9.79. The molecule has 3 N–H and O–H groups in total. The van der Waals surface area contributed by atoms with E-state index >= 15 is 0 Å². The van der Waals surface area contributed by atoms with Gasteiger partial charge < -0.3 is 25.2 Å². The van der Waals surface area contributed by atoms with Gasteiger partial charge in [0.05, 0.1) is 24.1 Å². The van der Waals surface area contributed by atoms with Gasteiger partial charge in [-0.3, -0.25) is 14.5 Å². The summed E-state index contributed by atoms with van der Waals surface area (Å²) in [4.78, 5) is 38.8. The molecule has 6 atom stereocenters. The molecule has 3 aliphatic heterocycles. The number of fused-ring (bicyclic) bond motifs is 1. The first kappa shape index (κ1) is 18.7. The molecule has 2 saturated heterocycles. The van der Waals surface area contributed by atoms with Crippen LogP contribution in [0.2, 0.25) is 0 Å². The van der Waals surface area contributed by atoms with Crippen molar-refractivity contribution in [3.05, 3.63) is 11.5 Å². The van der Waals surface area contributed by atoms with Gasteiger partial charge in [0.1, 0.15) is 11.9 Å². The van der Waals surface area contributed by atoms with Gasteiger partial charge in [0.2, 0.25) is 11.8 Å². The highest BCUT2D eigenvalue weighted by Crippen LogP contribution is 2.47. The predicted octanol–water partition coefficient (Wildman–Crippen LogP) is -1.02. The first-order chi connectivity index (χ1) is 12.1. The highest BCUT2D eigenvalue weighted by Gasteiger charge is 2.61. The monoisotopic (exact) mass is 367 g/mol. The van der Waals surface area contributed by atoms with Crippen molar-refractivity contribution in [1.29, 1.82) is 0 Å². The molecule has 26 heavy (non-hydrogen) atoms. The second kappa shape index (κ2) is 6.55. The molecule has 0 spiro atoms. The van der Waals surface area contributed by atoms with Crippen molar-refractivity contribution in [1.82, 2.24) is 15.1 Å². The van der Waals surface area contributed by atoms with E-state index in [1.807, 2.05) is 0 Å². The number of β-lactam (4-membered cyclic amide) rings is 1. The van der Waals surface area contributed by atoms with E-state index in [1.54, 1.807) is 21.0 Å². The van der Waals surface area contributed by atoms with Crippen LogP contribution in [0.25, 0.3) is 0 Å². The molecule has 0 radical (unpaired) electrons. The number of ether oxygens (including phenoxy) is 1. The fourth-order valence-corrected chi connectivity index (χ4v) is 4.15. The maximum atomic E-state index is 12.3. The van der Waals surface area contributed by atoms with Crippen LogP contribution < -0.4 is 5.32 Å². The average Bonchev–Trinajstić information content (AvgIpc) is 3.09. The number of rotatable bonds is 5. The normalized spacial score (nSPS) is 34.4. The van der Waals surface area contributed by atoms with Crippen LogP contribution in [-0.2, 0) is 19.1 Å². The molecule has 0 aromatic heterocycles. The molecule has 3 rings (SSSR count). The molecule has 3 aliphatic rings. The lowest BCUT2D eigenvalue weighted by Crippen LogP contribution is -2.63. The first-order valence-electron chi connectivity index (χ1n) is 8.75. The third-order valence-electron chi connectivity index (χ3n) is 5.43. The second-order valence-corrected chi connectivity index (χ2v) is 7.44. The molecule has 0 aromatic carbocycles. The van der Waals surface area contributed by atoms with Crippen LogP contribution >= 0.6 is 0 Å². The van der Waals surface area contributed by atoms with E-state index in [0.717, 1.165) is 0 Å². The van der Waals surface area contributed by atoms with E-state index in [1.165, 1.54) is 16.7 Å². The SMILES string of the molecule is C[C@@H](O)[C@H]1C(=O)N2C(C(=O)O)=C(O[C@@H]3CN[C@H](C(=O)N(C)C)C3)[C@H](C)[C@H]12. The number of carbonyl (C=O) groups excluding carboxylic acids is 2. The fourth-order valence-electron chi connectivity index (χ4n) is 4.15. The number of hydrogen-bond donors (Lipinski definition) is 3. The standard InChI is InChI=1S/C17H25N3O6/c1-7-12-11(8(2)21)16(23)20(12)13(17(24)25)14(7)26-9-5-10(18-6-9)15(22)19(3)4/h7-12,18,21H,5-6H2,1-4H3,(H,24,25)/t7-,8-,9+,10+,11-,12-/m1/s1. The quantitative estimate of drug-likeness (QED) is 0.532. The number of carboxylic acids is 1. The number of likely N-dealkylation sites (N-methyl/N-ethyl adjacent to an activating group) is 1. The van der Waals surface area contributed by atoms with Crippen LogP contribution in [0.5, 0.6) is 0 Å². The Kier molecular flexibility index (Phi) is 4.70. The zero-order valence-electron chi connectivity index (χ0n) is 15.3. The number of amides is 2. The molecular formula is C17H25N3O6. The average molecular weight is 367 g/mol. The van der Waals surface area contributed by atoms with Gasteiger partial charge in [-0.05, 0) is 6.92 Å². The van der Waals surface area contributed by atoms with Crippen molar-refractivity contribution >= 4 is 17.8 Å². The number of aliphatic hydroxyl groups excluding tert-OH is 1. The molecule has 2 amide bonds. The van der Waals surface area contributed by atoms with Gasteiger partial charge in [0.25, 0.3) is 0 Å². The lowest BCUT2D eigenvalue weighted by molar-refractivity contribution is -0.163. The summed E-state index contributed by atoms with van der Waals surface area (Å²) >= 11 is 0. The van der Waals surface area contributed by atoms with Crippen LogP contribution in [0, 0.1) is 11.8 Å². The number of carbonyl (C=O) groups is 3. The summed E-state index contributed by atoms with van der Waals surface area (Å²) in [6.07, 6.45) is -0.774. The summed E-state index contributed by atoms with van der Waals surface area (Å²) in [6, 6.07) is -0.776. The van der Waals surface area contributed by atoms with Crippen molar-refractivity contribution in [2.24, 2.45) is 11.8 Å². The molecule has 0 aromatic rings. The van der Waals surface area contributed by atoms with Crippen molar-refractivity contribution in [2.45, 2.75) is 44.6 Å². The van der Waals surface area contributed by atoms with E-state index in [0.29, 0.717) is 13.0 Å². The Balaban J connectivity index is 1.78. The number of carboxylic acid groups (broad SMARTS) is 1. The van der Waals surface area contributed by atoms with Crippen LogP contribution in [0.15, 0.2) is 11.5 Å². The van der Waals surface area contributed by atoms with Crippen molar-refractivity contribution in [3.63, 3.8) is 0 Å². The largest absolute Gasteiger partial charge is 0.491 e. The Morgan fingerprint density at radius 1 is 1.38 bits per heavy atom. The molecular weight excluding hydrogens is 342 g/mol. The molecule has 0 bridgehead atoms. The summed E-state index contributed by atoms with van der Waals surface area (Å²) in [7, 11) is 3.35. The Hall–Kier alpha value is -2.13. The van der Waals surface area contributed by atoms with Gasteiger partial charge in [-0.2, -0.15) is 0 Å². The number of hydrogen-bond acceptors (Lipinski definition) is 6. The van der Waals surface area contributed by atoms with Gasteiger partial charge in [-0.1, -0.05) is 6.92 Å². The van der Waals surface area contributed by atoms with E-state index < -0.39 is 29.9 Å². The molecule has 9 nitrogen and oxygen atoms in total. The maximum Gasteiger partial charge on any atom is 0.356 e. The highest BCUT2D eigenvalue weighted by molar-refractivity contribution is 5.99. The van der Waals surface area contributed by atoms with E-state index in [9.17, 15) is 24.6 Å². The fraction of sp³-hybridized carbons (Fsp3) is 0.706. The van der Waals surface area contributed by atoms with Crippen LogP contribution in [-0.4, -0.2) is 82.7 Å². The summed E-state index contributed by atoms with van der Waals surface area (Å²) in [5.74, 6) is -2.37. The van der Waals surface area contributed by atoms with Crippen LogP contribution in [0.1, 0.15) is 20.3 Å². The zero-order valence-corrected chi connectivity index (χ0v) is 15.3. The van der Waals surface area contributed by atoms with E-state index in [-0.39, 0.29) is 35.4 Å². The Labute approximate surface area is 151 Å². The smallest absolute Gasteiger partial charge is 0.356 e. The zero-order chi connectivity index (χ0) is 19.3. The minimum absolute atomic E-state index is 0.0591. The molecule has 0 saturated carbocycles. The number of nitrogens with zero attached hydrogens (tertiary/aromatic N) is 2. The van der Waals surface area contributed by atoms with Gasteiger partial charge in [0, 0.05) is 33.0 Å². The molecule has 9 heteroatoms. The molecule has 0 unspecified atom stereocenters. The van der Waals surface area contributed by atoms with E-state index in [4.69, 9.17) is 4.74 Å². The third kappa shape index (κ3) is 2.75. The minimum Gasteiger partial charge on any atom is -0.491 e. The van der Waals surface area contributed by atoms with Crippen molar-refractivity contribution < 1.29 is 29.3 Å². The number of aliphatic hydroxyl groups is 1. The van der Waals surface area contributed by atoms with E-state index in [2.05, 4.69) is 5.32 Å². The van der Waals surface area contributed by atoms with Crippen molar-refractivity contribution in [3.8, 4) is 0 Å². The molecule has 144 valence electrons. The summed E-state index contributed by atoms with van der Waals surface area (Å²) < 4.78 is 5.97. The maximum absolute atomic E-state index is 12.3. The van der Waals surface area contributed by atoms with Crippen LogP contribution in [0.3, 0.4) is 0 Å². The summed E-state index contributed by atoms with van der Waals surface area (Å²) in [6.45, 7) is 3.76. The Morgan fingerprint density at radius 3 is 2.58 bits per heavy atom. The molecule has 2 fully saturated rings. The summed E-state index contributed by atoms with van der Waals surface area (Å²) in [5, 5.41) is 22.5. The predicted molar refractivity (Wildman–Crippen MR) is 89.6 cm³/mol. The van der Waals surface area contributed by atoms with Gasteiger partial charge in [0.15, 0.2) is 5.70 Å². The third-order valence-corrected chi connectivity index (χ3v) is 5.43. The van der Waals surface area contributed by atoms with Gasteiger partial charge in [-0.25, -0.2) is 4.79 Å². The van der Waals surface area contributed by atoms with Gasteiger partial charge in [-0.15, -0.1) is 0 Å². The second-order valence-electron chi connectivity index (χ2n) is 7.44. The molecule has 0 aliphatic carbocycles. The number of nitrogens with one attached hydrogen (secondary N) is 1. The lowest BCUT2D eigenvalue weighted by Gasteiger charge is -2.46. The highest BCUT2D eigenvalue weighted by atomic mass is 16.5. The van der Waals surface area contributed by atoms with Crippen LogP contribution in [0.4, 0.5) is 0 Å². The molecule has 3 heterocycles. The summed E-state index contributed by atoms with van der Waals surface area (Å²) in [5.41, 5.74) is -0.146.